The van der Waals surface area contributed by atoms with Crippen molar-refractivity contribution in [2.45, 2.75) is 13.3 Å². The van der Waals surface area contributed by atoms with Crippen LogP contribution >= 0.6 is 23.3 Å². The summed E-state index contributed by atoms with van der Waals surface area (Å²) in [6.07, 6.45) is 1.04. The molecule has 0 aliphatic carbocycles. The molecule has 0 aliphatic heterocycles. The van der Waals surface area contributed by atoms with Gasteiger partial charge in [0, 0.05) is 12.1 Å². The van der Waals surface area contributed by atoms with Crippen LogP contribution in [-0.4, -0.2) is 22.4 Å². The van der Waals surface area contributed by atoms with E-state index < -0.39 is 0 Å². The molecule has 0 radical (unpaired) electrons. The summed E-state index contributed by atoms with van der Waals surface area (Å²) >= 11 is 7.20. The Bertz CT molecular complexity index is 530. The van der Waals surface area contributed by atoms with Crippen molar-refractivity contribution >= 4 is 29.1 Å². The average Bonchev–Trinajstić information content (AvgIpc) is 2.85. The van der Waals surface area contributed by atoms with Gasteiger partial charge in [0.05, 0.1) is 23.9 Å². The number of nitrogens with one attached hydrogen (secondary N) is 1. The summed E-state index contributed by atoms with van der Waals surface area (Å²) < 4.78 is 13.8. The van der Waals surface area contributed by atoms with E-state index in [4.69, 9.17) is 16.3 Å². The summed E-state index contributed by atoms with van der Waals surface area (Å²) in [5, 5.41) is 3.85. The minimum atomic E-state index is 0.590. The lowest BCUT2D eigenvalue weighted by Crippen LogP contribution is -2.01. The van der Waals surface area contributed by atoms with Gasteiger partial charge in [0.25, 0.3) is 0 Å². The number of ether oxygens (including phenoxy) is 1. The second kappa shape index (κ2) is 6.02. The zero-order valence-corrected chi connectivity index (χ0v) is 11.8. The predicted octanol–water partition coefficient (Wildman–Crippen LogP) is 3.69. The standard InChI is InChI=1S/C12H14ClN3OS/c1-3-6-14-12-11(15-18-16-12)8-4-5-9(13)10(7-8)17-2/h4-5,7H,3,6H2,1-2H3,(H,14,16). The number of benzene rings is 1. The van der Waals surface area contributed by atoms with Crippen LogP contribution in [0.25, 0.3) is 11.3 Å². The Labute approximate surface area is 115 Å². The Hall–Kier alpha value is -1.33. The number of nitrogens with zero attached hydrogens (tertiary/aromatic N) is 2. The molecule has 18 heavy (non-hydrogen) atoms. The van der Waals surface area contributed by atoms with E-state index in [1.54, 1.807) is 13.2 Å². The highest BCUT2D eigenvalue weighted by molar-refractivity contribution is 6.99. The lowest BCUT2D eigenvalue weighted by Gasteiger charge is -2.06. The number of aromatic nitrogens is 2. The number of hydrogen-bond acceptors (Lipinski definition) is 5. The SMILES string of the molecule is CCCNc1nsnc1-c1ccc(Cl)c(OC)c1. The van der Waals surface area contributed by atoms with Crippen LogP contribution in [0.3, 0.4) is 0 Å². The first-order valence-electron chi connectivity index (χ1n) is 5.66. The molecule has 0 unspecified atom stereocenters. The first-order chi connectivity index (χ1) is 8.76. The van der Waals surface area contributed by atoms with Gasteiger partial charge in [-0.1, -0.05) is 24.6 Å². The zero-order valence-electron chi connectivity index (χ0n) is 10.2. The maximum atomic E-state index is 6.01. The molecule has 96 valence electrons. The third-order valence-corrected chi connectivity index (χ3v) is 3.30. The van der Waals surface area contributed by atoms with Crippen molar-refractivity contribution in [2.75, 3.05) is 19.0 Å². The van der Waals surface area contributed by atoms with Gasteiger partial charge in [-0.2, -0.15) is 8.75 Å². The van der Waals surface area contributed by atoms with Crippen LogP contribution in [0, 0.1) is 0 Å². The second-order valence-electron chi connectivity index (χ2n) is 3.74. The fraction of sp³-hybridized carbons (Fsp3) is 0.333. The van der Waals surface area contributed by atoms with Crippen LogP contribution in [0.1, 0.15) is 13.3 Å². The van der Waals surface area contributed by atoms with E-state index in [9.17, 15) is 0 Å². The molecule has 1 aromatic heterocycles. The van der Waals surface area contributed by atoms with E-state index in [1.165, 1.54) is 11.7 Å². The maximum Gasteiger partial charge on any atom is 0.168 e. The van der Waals surface area contributed by atoms with Gasteiger partial charge in [0.2, 0.25) is 0 Å². The molecule has 1 heterocycles. The number of hydrogen-bond donors (Lipinski definition) is 1. The van der Waals surface area contributed by atoms with Crippen LogP contribution in [-0.2, 0) is 0 Å². The van der Waals surface area contributed by atoms with E-state index in [0.29, 0.717) is 10.8 Å². The normalized spacial score (nSPS) is 10.4. The Balaban J connectivity index is 2.33. The van der Waals surface area contributed by atoms with Crippen molar-refractivity contribution in [3.8, 4) is 17.0 Å². The van der Waals surface area contributed by atoms with E-state index in [2.05, 4.69) is 21.0 Å². The Kier molecular flexibility index (Phi) is 4.38. The van der Waals surface area contributed by atoms with Crippen LogP contribution in [0.15, 0.2) is 18.2 Å². The molecule has 0 amide bonds. The van der Waals surface area contributed by atoms with Crippen molar-refractivity contribution < 1.29 is 4.74 Å². The van der Waals surface area contributed by atoms with E-state index in [0.717, 1.165) is 30.0 Å². The fourth-order valence-electron chi connectivity index (χ4n) is 1.54. The molecule has 0 saturated carbocycles. The molecule has 2 rings (SSSR count). The molecule has 0 aliphatic rings. The molecular weight excluding hydrogens is 270 g/mol. The first-order valence-corrected chi connectivity index (χ1v) is 6.77. The monoisotopic (exact) mass is 283 g/mol. The zero-order chi connectivity index (χ0) is 13.0. The number of halogens is 1. The highest BCUT2D eigenvalue weighted by Gasteiger charge is 2.12. The highest BCUT2D eigenvalue weighted by Crippen LogP contribution is 2.32. The van der Waals surface area contributed by atoms with Gasteiger partial charge in [0.1, 0.15) is 11.4 Å². The molecule has 4 nitrogen and oxygen atoms in total. The minimum Gasteiger partial charge on any atom is -0.495 e. The van der Waals surface area contributed by atoms with Crippen LogP contribution in [0.2, 0.25) is 5.02 Å². The molecule has 0 atom stereocenters. The fourth-order valence-corrected chi connectivity index (χ4v) is 2.29. The number of anilines is 1. The largest absolute Gasteiger partial charge is 0.495 e. The van der Waals surface area contributed by atoms with Gasteiger partial charge >= 0.3 is 0 Å². The summed E-state index contributed by atoms with van der Waals surface area (Å²) in [6.45, 7) is 2.99. The van der Waals surface area contributed by atoms with Gasteiger partial charge in [-0.15, -0.1) is 0 Å². The van der Waals surface area contributed by atoms with Crippen LogP contribution < -0.4 is 10.1 Å². The van der Waals surface area contributed by atoms with Crippen LogP contribution in [0.5, 0.6) is 5.75 Å². The predicted molar refractivity (Wildman–Crippen MR) is 75.7 cm³/mol. The lowest BCUT2D eigenvalue weighted by atomic mass is 10.1. The molecule has 1 N–H and O–H groups in total. The number of methoxy groups -OCH3 is 1. The summed E-state index contributed by atoms with van der Waals surface area (Å²) in [5.41, 5.74) is 1.78. The Morgan fingerprint density at radius 2 is 2.22 bits per heavy atom. The highest BCUT2D eigenvalue weighted by atomic mass is 35.5. The molecular formula is C12H14ClN3OS. The third-order valence-electron chi connectivity index (χ3n) is 2.46. The van der Waals surface area contributed by atoms with Crippen molar-refractivity contribution in [1.82, 2.24) is 8.75 Å². The van der Waals surface area contributed by atoms with Crippen molar-refractivity contribution in [2.24, 2.45) is 0 Å². The molecule has 0 saturated heterocycles. The summed E-state index contributed by atoms with van der Waals surface area (Å²) in [6, 6.07) is 5.59. The van der Waals surface area contributed by atoms with Crippen molar-refractivity contribution in [3.63, 3.8) is 0 Å². The molecule has 6 heteroatoms. The third kappa shape index (κ3) is 2.73. The quantitative estimate of drug-likeness (QED) is 0.909. The van der Waals surface area contributed by atoms with Gasteiger partial charge in [-0.05, 0) is 18.6 Å². The average molecular weight is 284 g/mol. The Morgan fingerprint density at radius 1 is 1.39 bits per heavy atom. The molecule has 1 aromatic carbocycles. The lowest BCUT2D eigenvalue weighted by molar-refractivity contribution is 0.415. The number of rotatable bonds is 5. The molecule has 0 spiro atoms. The molecule has 2 aromatic rings. The smallest absolute Gasteiger partial charge is 0.168 e. The van der Waals surface area contributed by atoms with Gasteiger partial charge in [-0.25, -0.2) is 0 Å². The maximum absolute atomic E-state index is 6.01. The van der Waals surface area contributed by atoms with E-state index in [1.807, 2.05) is 12.1 Å². The van der Waals surface area contributed by atoms with Crippen molar-refractivity contribution in [3.05, 3.63) is 23.2 Å². The Morgan fingerprint density at radius 3 is 2.94 bits per heavy atom. The summed E-state index contributed by atoms with van der Waals surface area (Å²) in [4.78, 5) is 0. The molecule has 0 bridgehead atoms. The van der Waals surface area contributed by atoms with E-state index in [-0.39, 0.29) is 0 Å². The first kappa shape index (κ1) is 13.1. The van der Waals surface area contributed by atoms with Gasteiger partial charge in [0.15, 0.2) is 5.82 Å². The molecule has 0 fully saturated rings. The van der Waals surface area contributed by atoms with Crippen LogP contribution in [0.4, 0.5) is 5.82 Å². The minimum absolute atomic E-state index is 0.590. The second-order valence-corrected chi connectivity index (χ2v) is 4.67. The summed E-state index contributed by atoms with van der Waals surface area (Å²) in [7, 11) is 1.60. The summed E-state index contributed by atoms with van der Waals surface area (Å²) in [5.74, 6) is 1.45. The van der Waals surface area contributed by atoms with Gasteiger partial charge in [-0.3, -0.25) is 0 Å². The topological polar surface area (TPSA) is 47.0 Å². The van der Waals surface area contributed by atoms with E-state index >= 15 is 0 Å². The van der Waals surface area contributed by atoms with Gasteiger partial charge < -0.3 is 10.1 Å². The van der Waals surface area contributed by atoms with Crippen molar-refractivity contribution in [1.29, 1.82) is 0 Å².